The average molecular weight is 437 g/mol. The quantitative estimate of drug-likeness (QED) is 0.557. The van der Waals surface area contributed by atoms with Crippen molar-refractivity contribution in [1.29, 1.82) is 0 Å². The average Bonchev–Trinajstić information content (AvgIpc) is 2.71. The molecule has 0 aliphatic rings. The van der Waals surface area contributed by atoms with Crippen molar-refractivity contribution in [3.8, 4) is 0 Å². The van der Waals surface area contributed by atoms with E-state index in [4.69, 9.17) is 0 Å². The molecule has 0 heterocycles. The van der Waals surface area contributed by atoms with E-state index < -0.39 is 10.0 Å². The lowest BCUT2D eigenvalue weighted by Gasteiger charge is -2.16. The molecule has 1 amide bonds. The van der Waals surface area contributed by atoms with Gasteiger partial charge in [-0.25, -0.2) is 8.42 Å². The Morgan fingerprint density at radius 3 is 2.10 bits per heavy atom. The standard InChI is InChI=1S/C25H28N2O3S/c1-16-7-11-21(12-8-16)20(5)26-25(28)22-13-10-19(4)24(15-22)31(29,30)27-23-14-17(2)6-9-18(23)3/h6-15,20,27H,1-5H3,(H,26,28)/t20-/m1/s1. The normalized spacial score (nSPS) is 12.3. The molecule has 0 saturated heterocycles. The summed E-state index contributed by atoms with van der Waals surface area (Å²) in [6, 6.07) is 18.0. The van der Waals surface area contributed by atoms with Crippen LogP contribution in [0.3, 0.4) is 0 Å². The van der Waals surface area contributed by atoms with Crippen LogP contribution in [0.4, 0.5) is 5.69 Å². The lowest BCUT2D eigenvalue weighted by molar-refractivity contribution is 0.0939. The summed E-state index contributed by atoms with van der Waals surface area (Å²) in [4.78, 5) is 12.9. The Kier molecular flexibility index (Phi) is 6.51. The maximum atomic E-state index is 13.1. The number of sulfonamides is 1. The fraction of sp³-hybridized carbons (Fsp3) is 0.240. The largest absolute Gasteiger partial charge is 0.346 e. The first-order valence-corrected chi connectivity index (χ1v) is 11.6. The van der Waals surface area contributed by atoms with Gasteiger partial charge in [0.05, 0.1) is 16.6 Å². The number of hydrogen-bond acceptors (Lipinski definition) is 3. The van der Waals surface area contributed by atoms with Gasteiger partial charge >= 0.3 is 0 Å². The van der Waals surface area contributed by atoms with Crippen molar-refractivity contribution in [3.05, 3.63) is 94.0 Å². The zero-order valence-electron chi connectivity index (χ0n) is 18.5. The molecule has 0 aliphatic carbocycles. The van der Waals surface area contributed by atoms with Crippen molar-refractivity contribution in [1.82, 2.24) is 5.32 Å². The minimum atomic E-state index is -3.85. The number of nitrogens with one attached hydrogen (secondary N) is 2. The molecule has 3 aromatic rings. The lowest BCUT2D eigenvalue weighted by atomic mass is 10.1. The summed E-state index contributed by atoms with van der Waals surface area (Å²) in [6.45, 7) is 9.38. The molecule has 0 spiro atoms. The molecule has 0 bridgehead atoms. The molecule has 3 rings (SSSR count). The molecule has 5 nitrogen and oxygen atoms in total. The first-order chi connectivity index (χ1) is 14.6. The number of amides is 1. The number of aryl methyl sites for hydroxylation is 4. The number of rotatable bonds is 6. The number of carbonyl (C=O) groups is 1. The van der Waals surface area contributed by atoms with Gasteiger partial charge in [-0.2, -0.15) is 0 Å². The van der Waals surface area contributed by atoms with E-state index in [1.54, 1.807) is 25.1 Å². The number of hydrogen-bond donors (Lipinski definition) is 2. The zero-order chi connectivity index (χ0) is 22.8. The Morgan fingerprint density at radius 2 is 1.42 bits per heavy atom. The summed E-state index contributed by atoms with van der Waals surface area (Å²) < 4.78 is 28.9. The SMILES string of the molecule is Cc1ccc([C@@H](C)NC(=O)c2ccc(C)c(S(=O)(=O)Nc3cc(C)ccc3C)c2)cc1. The second-order valence-corrected chi connectivity index (χ2v) is 9.66. The van der Waals surface area contributed by atoms with Crippen molar-refractivity contribution in [2.75, 3.05) is 4.72 Å². The van der Waals surface area contributed by atoms with Gasteiger partial charge in [0.15, 0.2) is 0 Å². The van der Waals surface area contributed by atoms with E-state index in [0.717, 1.165) is 22.3 Å². The Hall–Kier alpha value is -3.12. The summed E-state index contributed by atoms with van der Waals surface area (Å²) >= 11 is 0. The predicted molar refractivity (Wildman–Crippen MR) is 125 cm³/mol. The highest BCUT2D eigenvalue weighted by Crippen LogP contribution is 2.24. The van der Waals surface area contributed by atoms with E-state index in [2.05, 4.69) is 10.0 Å². The molecule has 0 aromatic heterocycles. The Bertz CT molecular complexity index is 1220. The van der Waals surface area contributed by atoms with Gasteiger partial charge in [-0.3, -0.25) is 9.52 Å². The summed E-state index contributed by atoms with van der Waals surface area (Å²) in [6.07, 6.45) is 0. The highest BCUT2D eigenvalue weighted by Gasteiger charge is 2.21. The molecule has 0 radical (unpaired) electrons. The van der Waals surface area contributed by atoms with Crippen molar-refractivity contribution in [3.63, 3.8) is 0 Å². The van der Waals surface area contributed by atoms with Gasteiger partial charge in [-0.1, -0.05) is 48.0 Å². The molecule has 6 heteroatoms. The number of benzene rings is 3. The second kappa shape index (κ2) is 8.94. The van der Waals surface area contributed by atoms with E-state index in [9.17, 15) is 13.2 Å². The fourth-order valence-corrected chi connectivity index (χ4v) is 4.69. The van der Waals surface area contributed by atoms with Crippen molar-refractivity contribution >= 4 is 21.6 Å². The van der Waals surface area contributed by atoms with Crippen molar-refractivity contribution in [2.45, 2.75) is 45.6 Å². The molecule has 31 heavy (non-hydrogen) atoms. The van der Waals surface area contributed by atoms with E-state index in [-0.39, 0.29) is 16.8 Å². The van der Waals surface area contributed by atoms with Crippen LogP contribution in [0.5, 0.6) is 0 Å². The Labute approximate surface area is 184 Å². The van der Waals surface area contributed by atoms with E-state index in [1.165, 1.54) is 6.07 Å². The van der Waals surface area contributed by atoms with Crippen LogP contribution in [0.2, 0.25) is 0 Å². The van der Waals surface area contributed by atoms with Crippen molar-refractivity contribution < 1.29 is 13.2 Å². The van der Waals surface area contributed by atoms with Gasteiger partial charge in [-0.05, 0) is 75.1 Å². The van der Waals surface area contributed by atoms with Crippen LogP contribution in [0.15, 0.2) is 65.6 Å². The third kappa shape index (κ3) is 5.33. The maximum absolute atomic E-state index is 13.1. The molecular formula is C25H28N2O3S. The van der Waals surface area contributed by atoms with Crippen molar-refractivity contribution in [2.24, 2.45) is 0 Å². The first-order valence-electron chi connectivity index (χ1n) is 10.1. The molecule has 1 atom stereocenters. The first kappa shape index (κ1) is 22.6. The molecule has 3 aromatic carbocycles. The molecule has 162 valence electrons. The summed E-state index contributed by atoms with van der Waals surface area (Å²) in [5, 5.41) is 2.94. The van der Waals surface area contributed by atoms with Gasteiger partial charge in [-0.15, -0.1) is 0 Å². The zero-order valence-corrected chi connectivity index (χ0v) is 19.3. The minimum absolute atomic E-state index is 0.0871. The summed E-state index contributed by atoms with van der Waals surface area (Å²) in [5.41, 5.74) is 5.31. The Morgan fingerprint density at radius 1 is 0.806 bits per heavy atom. The second-order valence-electron chi connectivity index (χ2n) is 8.01. The molecule has 0 aliphatic heterocycles. The lowest BCUT2D eigenvalue weighted by Crippen LogP contribution is -2.27. The molecule has 0 saturated carbocycles. The summed E-state index contributed by atoms with van der Waals surface area (Å²) in [7, 11) is -3.85. The van der Waals surface area contributed by atoms with E-state index in [0.29, 0.717) is 16.8 Å². The third-order valence-electron chi connectivity index (χ3n) is 5.30. The van der Waals surface area contributed by atoms with Gasteiger partial charge < -0.3 is 5.32 Å². The van der Waals surface area contributed by atoms with Crippen LogP contribution in [0.1, 0.15) is 51.1 Å². The maximum Gasteiger partial charge on any atom is 0.262 e. The van der Waals surface area contributed by atoms with Gasteiger partial charge in [0.2, 0.25) is 0 Å². The van der Waals surface area contributed by atoms with Crippen LogP contribution in [0.25, 0.3) is 0 Å². The fourth-order valence-electron chi connectivity index (χ4n) is 3.29. The van der Waals surface area contributed by atoms with E-state index >= 15 is 0 Å². The van der Waals surface area contributed by atoms with Crippen LogP contribution in [-0.4, -0.2) is 14.3 Å². The van der Waals surface area contributed by atoms with Gasteiger partial charge in [0.25, 0.3) is 15.9 Å². The number of carbonyl (C=O) groups excluding carboxylic acids is 1. The minimum Gasteiger partial charge on any atom is -0.346 e. The molecule has 2 N–H and O–H groups in total. The van der Waals surface area contributed by atoms with Gasteiger partial charge in [0, 0.05) is 5.56 Å². The van der Waals surface area contributed by atoms with Crippen LogP contribution in [-0.2, 0) is 10.0 Å². The molecule has 0 unspecified atom stereocenters. The smallest absolute Gasteiger partial charge is 0.262 e. The monoisotopic (exact) mass is 436 g/mol. The van der Waals surface area contributed by atoms with E-state index in [1.807, 2.05) is 64.1 Å². The van der Waals surface area contributed by atoms with Crippen LogP contribution >= 0.6 is 0 Å². The van der Waals surface area contributed by atoms with Crippen LogP contribution in [0, 0.1) is 27.7 Å². The molecular weight excluding hydrogens is 408 g/mol. The summed E-state index contributed by atoms with van der Waals surface area (Å²) in [5.74, 6) is -0.323. The Balaban J connectivity index is 1.85. The highest BCUT2D eigenvalue weighted by molar-refractivity contribution is 7.92. The van der Waals surface area contributed by atoms with Gasteiger partial charge in [0.1, 0.15) is 0 Å². The predicted octanol–water partition coefficient (Wildman–Crippen LogP) is 5.21. The topological polar surface area (TPSA) is 75.3 Å². The van der Waals surface area contributed by atoms with Crippen LogP contribution < -0.4 is 10.0 Å². The molecule has 0 fully saturated rings. The third-order valence-corrected chi connectivity index (χ3v) is 6.81. The number of anilines is 1. The highest BCUT2D eigenvalue weighted by atomic mass is 32.2.